The summed E-state index contributed by atoms with van der Waals surface area (Å²) >= 11 is 0. The van der Waals surface area contributed by atoms with Crippen molar-refractivity contribution in [2.24, 2.45) is 5.73 Å². The predicted molar refractivity (Wildman–Crippen MR) is 78.2 cm³/mol. The number of aromatic hydroxyl groups is 2. The molecule has 1 aromatic rings. The number of nitrogens with two attached hydrogens (primary N) is 1. The summed E-state index contributed by atoms with van der Waals surface area (Å²) in [5.74, 6) is -2.14. The largest absolute Gasteiger partial charge is 0.504 e. The summed E-state index contributed by atoms with van der Waals surface area (Å²) in [4.78, 5) is 18.5. The number of carbonyl (C=O) groups is 2. The summed E-state index contributed by atoms with van der Waals surface area (Å²) in [5, 5.41) is 33.2. The topological polar surface area (TPSA) is 141 Å². The maximum absolute atomic E-state index is 9.25. The molecule has 0 unspecified atom stereocenters. The minimum Gasteiger partial charge on any atom is -0.504 e. The van der Waals surface area contributed by atoms with Crippen molar-refractivity contribution in [2.45, 2.75) is 6.42 Å². The molecular weight excluding hydrogens is 278 g/mol. The molecule has 0 aromatic heterocycles. The van der Waals surface area contributed by atoms with E-state index in [0.29, 0.717) is 13.0 Å². The number of carboxylic acid groups (broad SMARTS) is 2. The monoisotopic (exact) mass is 297 g/mol. The van der Waals surface area contributed by atoms with Gasteiger partial charge in [-0.05, 0) is 30.7 Å². The Kier molecular flexibility index (Phi) is 12.0. The van der Waals surface area contributed by atoms with E-state index in [4.69, 9.17) is 26.2 Å². The number of benzene rings is 1. The minimum atomic E-state index is -0.981. The second-order valence-corrected chi connectivity index (χ2v) is 3.45. The molecule has 0 heterocycles. The maximum Gasteiger partial charge on any atom is 0.327 e. The first kappa shape index (κ1) is 20.5. The van der Waals surface area contributed by atoms with Crippen LogP contribution >= 0.6 is 0 Å². The number of rotatable bonds is 4. The van der Waals surface area contributed by atoms with Gasteiger partial charge in [0.05, 0.1) is 0 Å². The van der Waals surface area contributed by atoms with E-state index in [-0.39, 0.29) is 11.5 Å². The molecule has 0 atom stereocenters. The molecule has 0 aliphatic heterocycles. The summed E-state index contributed by atoms with van der Waals surface area (Å²) in [6, 6.07) is 4.71. The normalized spacial score (nSPS) is 8.24. The standard InChI is InChI=1S/C8H11NO2.2C3H4O2/c9-4-3-6-1-2-7(10)8(11)5-6;2*1-2-3(4)5/h1-2,5,10-11H,3-4,9H2;2*2H,1H2,(H,4,5). The first-order valence-electron chi connectivity index (χ1n) is 5.70. The number of phenolic OH excluding ortho intramolecular Hbond substituents is 2. The van der Waals surface area contributed by atoms with Crippen LogP contribution in [-0.4, -0.2) is 38.9 Å². The molecule has 0 amide bonds. The fourth-order valence-corrected chi connectivity index (χ4v) is 0.891. The SMILES string of the molecule is C=CC(=O)O.C=CC(=O)O.NCCc1ccc(O)c(O)c1. The Hall–Kier alpha value is -2.80. The Labute approximate surface area is 122 Å². The first-order chi connectivity index (χ1) is 9.78. The molecule has 0 saturated heterocycles. The van der Waals surface area contributed by atoms with Crippen molar-refractivity contribution in [3.8, 4) is 11.5 Å². The van der Waals surface area contributed by atoms with Gasteiger partial charge >= 0.3 is 11.9 Å². The molecule has 0 spiro atoms. The third-order valence-corrected chi connectivity index (χ3v) is 1.82. The summed E-state index contributed by atoms with van der Waals surface area (Å²) < 4.78 is 0. The van der Waals surface area contributed by atoms with Gasteiger partial charge in [-0.3, -0.25) is 0 Å². The lowest BCUT2D eigenvalue weighted by molar-refractivity contribution is -0.132. The molecule has 6 N–H and O–H groups in total. The molecule has 0 fully saturated rings. The number of hydrogen-bond acceptors (Lipinski definition) is 5. The molecule has 0 aliphatic rings. The van der Waals surface area contributed by atoms with Crippen molar-refractivity contribution in [2.75, 3.05) is 6.54 Å². The second kappa shape index (κ2) is 12.2. The minimum absolute atomic E-state index is 0.0871. The molecule has 1 rings (SSSR count). The third kappa shape index (κ3) is 13.4. The van der Waals surface area contributed by atoms with Crippen LogP contribution < -0.4 is 5.73 Å². The fourth-order valence-electron chi connectivity index (χ4n) is 0.891. The molecule has 0 saturated carbocycles. The highest BCUT2D eigenvalue weighted by Crippen LogP contribution is 2.24. The fraction of sp³-hybridized carbons (Fsp3) is 0.143. The summed E-state index contributed by atoms with van der Waals surface area (Å²) in [7, 11) is 0. The number of hydrogen-bond donors (Lipinski definition) is 5. The lowest BCUT2D eigenvalue weighted by Crippen LogP contribution is -2.02. The van der Waals surface area contributed by atoms with Gasteiger partial charge in [0.25, 0.3) is 0 Å². The molecule has 7 heteroatoms. The predicted octanol–water partition coefficient (Wildman–Crippen LogP) is 1.11. The molecule has 0 bridgehead atoms. The summed E-state index contributed by atoms with van der Waals surface area (Å²) in [6.07, 6.45) is 2.38. The highest BCUT2D eigenvalue weighted by molar-refractivity contribution is 5.79. The Morgan fingerprint density at radius 3 is 1.76 bits per heavy atom. The highest BCUT2D eigenvalue weighted by Gasteiger charge is 1.98. The van der Waals surface area contributed by atoms with E-state index in [1.807, 2.05) is 0 Å². The van der Waals surface area contributed by atoms with E-state index in [1.54, 1.807) is 6.07 Å². The second-order valence-electron chi connectivity index (χ2n) is 3.45. The van der Waals surface area contributed by atoms with E-state index >= 15 is 0 Å². The third-order valence-electron chi connectivity index (χ3n) is 1.82. The lowest BCUT2D eigenvalue weighted by Gasteiger charge is -2.00. The van der Waals surface area contributed by atoms with Crippen LogP contribution in [0.3, 0.4) is 0 Å². The van der Waals surface area contributed by atoms with Crippen molar-refractivity contribution in [1.29, 1.82) is 0 Å². The molecule has 7 nitrogen and oxygen atoms in total. The van der Waals surface area contributed by atoms with E-state index < -0.39 is 11.9 Å². The van der Waals surface area contributed by atoms with Crippen molar-refractivity contribution in [3.05, 3.63) is 49.1 Å². The van der Waals surface area contributed by atoms with Crippen molar-refractivity contribution < 1.29 is 30.0 Å². The summed E-state index contributed by atoms with van der Waals surface area (Å²) in [6.45, 7) is 6.47. The van der Waals surface area contributed by atoms with Crippen LogP contribution in [0.5, 0.6) is 11.5 Å². The maximum atomic E-state index is 9.25. The van der Waals surface area contributed by atoms with Gasteiger partial charge in [0.2, 0.25) is 0 Å². The average Bonchev–Trinajstić information content (AvgIpc) is 2.44. The van der Waals surface area contributed by atoms with Crippen molar-refractivity contribution >= 4 is 11.9 Å². The van der Waals surface area contributed by atoms with Crippen LogP contribution in [0, 0.1) is 0 Å². The molecule has 0 aliphatic carbocycles. The van der Waals surface area contributed by atoms with E-state index in [0.717, 1.165) is 17.7 Å². The van der Waals surface area contributed by atoms with Crippen molar-refractivity contribution in [1.82, 2.24) is 0 Å². The van der Waals surface area contributed by atoms with Gasteiger partial charge in [-0.25, -0.2) is 9.59 Å². The van der Waals surface area contributed by atoms with Crippen LogP contribution in [0.1, 0.15) is 5.56 Å². The quantitative estimate of drug-likeness (QED) is 0.414. The van der Waals surface area contributed by atoms with Gasteiger partial charge in [0.15, 0.2) is 11.5 Å². The Bertz CT molecular complexity index is 466. The zero-order valence-electron chi connectivity index (χ0n) is 11.4. The molecule has 116 valence electrons. The average molecular weight is 297 g/mol. The van der Waals surface area contributed by atoms with Crippen LogP contribution in [-0.2, 0) is 16.0 Å². The van der Waals surface area contributed by atoms with Crippen LogP contribution in [0.25, 0.3) is 0 Å². The van der Waals surface area contributed by atoms with Gasteiger partial charge in [0, 0.05) is 12.2 Å². The lowest BCUT2D eigenvalue weighted by atomic mass is 10.1. The van der Waals surface area contributed by atoms with Crippen molar-refractivity contribution in [3.63, 3.8) is 0 Å². The molecule has 21 heavy (non-hydrogen) atoms. The Balaban J connectivity index is 0. The number of aliphatic carboxylic acids is 2. The smallest absolute Gasteiger partial charge is 0.327 e. The van der Waals surface area contributed by atoms with Crippen LogP contribution in [0.15, 0.2) is 43.5 Å². The zero-order valence-corrected chi connectivity index (χ0v) is 11.4. The number of phenols is 2. The molecule has 0 radical (unpaired) electrons. The van der Waals surface area contributed by atoms with Gasteiger partial charge in [-0.2, -0.15) is 0 Å². The van der Waals surface area contributed by atoms with E-state index in [2.05, 4.69) is 13.2 Å². The highest BCUT2D eigenvalue weighted by atomic mass is 16.4. The summed E-state index contributed by atoms with van der Waals surface area (Å²) in [5.41, 5.74) is 6.24. The van der Waals surface area contributed by atoms with Gasteiger partial charge in [0.1, 0.15) is 0 Å². The van der Waals surface area contributed by atoms with E-state index in [1.165, 1.54) is 12.1 Å². The van der Waals surface area contributed by atoms with Gasteiger partial charge < -0.3 is 26.2 Å². The van der Waals surface area contributed by atoms with Gasteiger partial charge in [-0.15, -0.1) is 0 Å². The zero-order chi connectivity index (χ0) is 16.8. The van der Waals surface area contributed by atoms with Gasteiger partial charge in [-0.1, -0.05) is 19.2 Å². The molecular formula is C14H19NO6. The van der Waals surface area contributed by atoms with Crippen LogP contribution in [0.2, 0.25) is 0 Å². The number of carboxylic acids is 2. The van der Waals surface area contributed by atoms with Crippen LogP contribution in [0.4, 0.5) is 0 Å². The Morgan fingerprint density at radius 1 is 1.05 bits per heavy atom. The van der Waals surface area contributed by atoms with E-state index in [9.17, 15) is 9.59 Å². The first-order valence-corrected chi connectivity index (χ1v) is 5.70. The Morgan fingerprint density at radius 2 is 1.48 bits per heavy atom. The molecule has 1 aromatic carbocycles.